The lowest BCUT2D eigenvalue weighted by molar-refractivity contribution is -0.148. The summed E-state index contributed by atoms with van der Waals surface area (Å²) >= 11 is 1.47. The van der Waals surface area contributed by atoms with Gasteiger partial charge in [0.05, 0.1) is 12.8 Å². The van der Waals surface area contributed by atoms with Crippen molar-refractivity contribution in [3.63, 3.8) is 0 Å². The molecule has 0 fully saturated rings. The highest BCUT2D eigenvalue weighted by Gasteiger charge is 2.26. The predicted molar refractivity (Wildman–Crippen MR) is 116 cm³/mol. The third kappa shape index (κ3) is 5.45. The number of carbonyl (C=O) groups is 2. The van der Waals surface area contributed by atoms with Gasteiger partial charge in [0.2, 0.25) is 0 Å². The number of carbonyl (C=O) groups excluding carboxylic acids is 2. The molecule has 156 valence electrons. The third-order valence-corrected chi connectivity index (χ3v) is 5.41. The van der Waals surface area contributed by atoms with Gasteiger partial charge in [-0.1, -0.05) is 44.2 Å². The van der Waals surface area contributed by atoms with Crippen molar-refractivity contribution in [1.82, 2.24) is 10.3 Å². The highest BCUT2D eigenvalue weighted by molar-refractivity contribution is 7.13. The maximum Gasteiger partial charge on any atom is 0.329 e. The van der Waals surface area contributed by atoms with E-state index in [9.17, 15) is 9.59 Å². The van der Waals surface area contributed by atoms with E-state index in [0.717, 1.165) is 16.3 Å². The molecule has 0 aliphatic carbocycles. The van der Waals surface area contributed by atoms with Crippen molar-refractivity contribution in [2.24, 2.45) is 5.92 Å². The number of nitrogens with one attached hydrogen (secondary N) is 1. The molecular formula is C23H24N2O4S. The molecule has 2 aromatic carbocycles. The van der Waals surface area contributed by atoms with Gasteiger partial charge in [-0.15, -0.1) is 11.3 Å². The van der Waals surface area contributed by atoms with Gasteiger partial charge in [-0.2, -0.15) is 0 Å². The summed E-state index contributed by atoms with van der Waals surface area (Å²) in [6.45, 7) is 3.77. The summed E-state index contributed by atoms with van der Waals surface area (Å²) < 4.78 is 10.7. The molecule has 3 rings (SSSR count). The molecule has 0 radical (unpaired) electrons. The second-order valence-corrected chi connectivity index (χ2v) is 7.90. The van der Waals surface area contributed by atoms with Crippen LogP contribution in [0, 0.1) is 5.92 Å². The molecule has 30 heavy (non-hydrogen) atoms. The summed E-state index contributed by atoms with van der Waals surface area (Å²) in [5.74, 6) is -0.150. The zero-order chi connectivity index (χ0) is 21.5. The molecule has 1 heterocycles. The second kappa shape index (κ2) is 10.0. The zero-order valence-electron chi connectivity index (χ0n) is 17.1. The molecular weight excluding hydrogens is 400 g/mol. The Morgan fingerprint density at radius 3 is 2.57 bits per heavy atom. The number of hydrogen-bond donors (Lipinski definition) is 1. The van der Waals surface area contributed by atoms with E-state index in [1.54, 1.807) is 31.4 Å². The van der Waals surface area contributed by atoms with E-state index in [2.05, 4.69) is 10.3 Å². The number of rotatable bonds is 8. The summed E-state index contributed by atoms with van der Waals surface area (Å²) in [6.07, 6.45) is 0. The van der Waals surface area contributed by atoms with Crippen molar-refractivity contribution in [2.75, 3.05) is 7.11 Å². The molecule has 7 heteroatoms. The molecule has 1 amide bonds. The van der Waals surface area contributed by atoms with E-state index in [1.807, 2.05) is 49.6 Å². The van der Waals surface area contributed by atoms with Gasteiger partial charge >= 0.3 is 5.97 Å². The largest absolute Gasteiger partial charge is 0.497 e. The van der Waals surface area contributed by atoms with Crippen molar-refractivity contribution < 1.29 is 19.1 Å². The molecule has 0 aliphatic rings. The number of hydrogen-bond acceptors (Lipinski definition) is 6. The van der Waals surface area contributed by atoms with Crippen LogP contribution in [-0.4, -0.2) is 30.0 Å². The Balaban J connectivity index is 1.62. The number of ether oxygens (including phenoxy) is 2. The molecule has 0 aliphatic heterocycles. The van der Waals surface area contributed by atoms with Crippen LogP contribution in [-0.2, 0) is 16.1 Å². The summed E-state index contributed by atoms with van der Waals surface area (Å²) in [6, 6.07) is 15.7. The van der Waals surface area contributed by atoms with E-state index >= 15 is 0 Å². The first kappa shape index (κ1) is 21.5. The van der Waals surface area contributed by atoms with Crippen LogP contribution in [0.4, 0.5) is 0 Å². The minimum absolute atomic E-state index is 0.0454. The minimum Gasteiger partial charge on any atom is -0.497 e. The van der Waals surface area contributed by atoms with Crippen molar-refractivity contribution in [1.29, 1.82) is 0 Å². The topological polar surface area (TPSA) is 77.5 Å². The van der Waals surface area contributed by atoms with Gasteiger partial charge in [0.1, 0.15) is 23.4 Å². The third-order valence-electron chi connectivity index (χ3n) is 4.47. The molecule has 0 saturated heterocycles. The van der Waals surface area contributed by atoms with Gasteiger partial charge in [-0.25, -0.2) is 9.78 Å². The number of benzene rings is 2. The Bertz CT molecular complexity index is 1000. The molecule has 3 aromatic rings. The molecule has 6 nitrogen and oxygen atoms in total. The number of esters is 1. The van der Waals surface area contributed by atoms with E-state index in [1.165, 1.54) is 11.3 Å². The van der Waals surface area contributed by atoms with Crippen LogP contribution in [0.15, 0.2) is 60.0 Å². The van der Waals surface area contributed by atoms with Crippen LogP contribution in [0.5, 0.6) is 5.75 Å². The molecule has 0 unspecified atom stereocenters. The van der Waals surface area contributed by atoms with Gasteiger partial charge < -0.3 is 14.8 Å². The van der Waals surface area contributed by atoms with Gasteiger partial charge in [-0.3, -0.25) is 4.79 Å². The lowest BCUT2D eigenvalue weighted by atomic mass is 10.0. The summed E-state index contributed by atoms with van der Waals surface area (Å²) in [5.41, 5.74) is 2.09. The predicted octanol–water partition coefficient (Wildman–Crippen LogP) is 4.32. The number of thiazole rings is 1. The highest BCUT2D eigenvalue weighted by atomic mass is 32.1. The normalized spacial score (nSPS) is 11.7. The van der Waals surface area contributed by atoms with Gasteiger partial charge in [0.25, 0.3) is 5.91 Å². The second-order valence-electron chi connectivity index (χ2n) is 7.04. The number of methoxy groups -OCH3 is 1. The molecule has 1 aromatic heterocycles. The maximum absolute atomic E-state index is 12.6. The van der Waals surface area contributed by atoms with Gasteiger partial charge in [0, 0.05) is 16.5 Å². The molecule has 1 N–H and O–H groups in total. The summed E-state index contributed by atoms with van der Waals surface area (Å²) in [7, 11) is 1.62. The fourth-order valence-corrected chi connectivity index (χ4v) is 3.61. The number of amides is 1. The van der Waals surface area contributed by atoms with Crippen molar-refractivity contribution in [3.8, 4) is 16.3 Å². The zero-order valence-corrected chi connectivity index (χ0v) is 17.9. The van der Waals surface area contributed by atoms with Gasteiger partial charge in [0.15, 0.2) is 0 Å². The van der Waals surface area contributed by atoms with Crippen molar-refractivity contribution >= 4 is 23.2 Å². The molecule has 0 spiro atoms. The standard InChI is InChI=1S/C23H24N2O4S/c1-15(2)20(25-21(26)16-8-5-4-6-9-16)23(27)29-13-18-14-30-22(24-18)17-10-7-11-19(12-17)28-3/h4-12,14-15,20H,13H2,1-3H3,(H,25,26)/t20-/m0/s1. The summed E-state index contributed by atoms with van der Waals surface area (Å²) in [4.78, 5) is 29.6. The van der Waals surface area contributed by atoms with E-state index in [0.29, 0.717) is 11.3 Å². The Hall–Kier alpha value is -3.19. The van der Waals surface area contributed by atoms with Crippen LogP contribution in [0.3, 0.4) is 0 Å². The fraction of sp³-hybridized carbons (Fsp3) is 0.261. The van der Waals surface area contributed by atoms with Crippen LogP contribution >= 0.6 is 11.3 Å². The molecule has 0 saturated carbocycles. The van der Waals surface area contributed by atoms with Gasteiger partial charge in [-0.05, 0) is 30.2 Å². The van der Waals surface area contributed by atoms with Crippen LogP contribution in [0.2, 0.25) is 0 Å². The maximum atomic E-state index is 12.6. The Kier molecular flexibility index (Phi) is 7.19. The Morgan fingerprint density at radius 1 is 1.10 bits per heavy atom. The first-order chi connectivity index (χ1) is 14.5. The van der Waals surface area contributed by atoms with E-state index in [4.69, 9.17) is 9.47 Å². The fourth-order valence-electron chi connectivity index (χ4n) is 2.81. The quantitative estimate of drug-likeness (QED) is 0.545. The van der Waals surface area contributed by atoms with E-state index < -0.39 is 12.0 Å². The smallest absolute Gasteiger partial charge is 0.329 e. The van der Waals surface area contributed by atoms with Crippen molar-refractivity contribution in [2.45, 2.75) is 26.5 Å². The van der Waals surface area contributed by atoms with Crippen LogP contribution in [0.1, 0.15) is 29.9 Å². The highest BCUT2D eigenvalue weighted by Crippen LogP contribution is 2.27. The molecule has 1 atom stereocenters. The SMILES string of the molecule is COc1cccc(-c2nc(COC(=O)[C@@H](NC(=O)c3ccccc3)C(C)C)cs2)c1. The van der Waals surface area contributed by atoms with Crippen LogP contribution in [0.25, 0.3) is 10.6 Å². The average molecular weight is 425 g/mol. The first-order valence-electron chi connectivity index (χ1n) is 9.59. The Labute approximate surface area is 179 Å². The first-order valence-corrected chi connectivity index (χ1v) is 10.5. The van der Waals surface area contributed by atoms with Crippen LogP contribution < -0.4 is 10.1 Å². The number of nitrogens with zero attached hydrogens (tertiary/aromatic N) is 1. The minimum atomic E-state index is -0.741. The number of aromatic nitrogens is 1. The monoisotopic (exact) mass is 424 g/mol. The van der Waals surface area contributed by atoms with E-state index in [-0.39, 0.29) is 18.4 Å². The molecule has 0 bridgehead atoms. The average Bonchev–Trinajstić information content (AvgIpc) is 3.25. The lowest BCUT2D eigenvalue weighted by Gasteiger charge is -2.20. The Morgan fingerprint density at radius 2 is 1.87 bits per heavy atom. The lowest BCUT2D eigenvalue weighted by Crippen LogP contribution is -2.45. The van der Waals surface area contributed by atoms with Crippen molar-refractivity contribution in [3.05, 3.63) is 71.2 Å². The summed E-state index contributed by atoms with van der Waals surface area (Å²) in [5, 5.41) is 5.44.